The fraction of sp³-hybridized carbons (Fsp3) is 0.588. The standard InChI is InChI=1S/C17H23N3O3/c1-11(2)4-5-23-13-6-14-16(19-9-13)20(15(21)10-18-14)12-7-17(3,22)8-12/h6,9-12,22H,4-5,7-8H2,1-3H3/t12-,17+. The Morgan fingerprint density at radius 3 is 2.78 bits per heavy atom. The highest BCUT2D eigenvalue weighted by Crippen LogP contribution is 2.41. The zero-order valence-corrected chi connectivity index (χ0v) is 13.8. The second-order valence-electron chi connectivity index (χ2n) is 7.07. The van der Waals surface area contributed by atoms with Crippen molar-refractivity contribution in [2.75, 3.05) is 6.61 Å². The van der Waals surface area contributed by atoms with E-state index in [4.69, 9.17) is 4.74 Å². The second kappa shape index (κ2) is 5.92. The lowest BCUT2D eigenvalue weighted by atomic mass is 9.77. The van der Waals surface area contributed by atoms with Gasteiger partial charge in [0.2, 0.25) is 0 Å². The summed E-state index contributed by atoms with van der Waals surface area (Å²) in [6.07, 6.45) is 5.04. The molecule has 1 N–H and O–H groups in total. The normalized spacial score (nSPS) is 24.0. The summed E-state index contributed by atoms with van der Waals surface area (Å²) in [4.78, 5) is 20.7. The number of pyridine rings is 1. The van der Waals surface area contributed by atoms with E-state index < -0.39 is 5.60 Å². The molecule has 0 amide bonds. The third-order valence-electron chi connectivity index (χ3n) is 4.28. The molecule has 2 heterocycles. The lowest BCUT2D eigenvalue weighted by molar-refractivity contribution is -0.0507. The maximum atomic E-state index is 12.2. The summed E-state index contributed by atoms with van der Waals surface area (Å²) >= 11 is 0. The molecule has 0 unspecified atom stereocenters. The van der Waals surface area contributed by atoms with Gasteiger partial charge >= 0.3 is 0 Å². The van der Waals surface area contributed by atoms with Crippen molar-refractivity contribution in [1.29, 1.82) is 0 Å². The molecule has 1 saturated carbocycles. The average Bonchev–Trinajstić information content (AvgIpc) is 2.44. The highest BCUT2D eigenvalue weighted by Gasteiger charge is 2.40. The Hall–Kier alpha value is -1.95. The van der Waals surface area contributed by atoms with Gasteiger partial charge in [0, 0.05) is 12.1 Å². The van der Waals surface area contributed by atoms with Crippen LogP contribution in [0.3, 0.4) is 0 Å². The second-order valence-corrected chi connectivity index (χ2v) is 7.07. The summed E-state index contributed by atoms with van der Waals surface area (Å²) in [5.74, 6) is 1.24. The van der Waals surface area contributed by atoms with Gasteiger partial charge < -0.3 is 9.84 Å². The van der Waals surface area contributed by atoms with Crippen LogP contribution in [0.25, 0.3) is 11.2 Å². The van der Waals surface area contributed by atoms with E-state index in [9.17, 15) is 9.90 Å². The monoisotopic (exact) mass is 317 g/mol. The van der Waals surface area contributed by atoms with Gasteiger partial charge in [-0.2, -0.15) is 0 Å². The average molecular weight is 317 g/mol. The molecule has 0 aliphatic heterocycles. The van der Waals surface area contributed by atoms with E-state index in [1.165, 1.54) is 6.20 Å². The number of nitrogens with zero attached hydrogens (tertiary/aromatic N) is 3. The molecule has 0 saturated heterocycles. The molecule has 0 radical (unpaired) electrons. The quantitative estimate of drug-likeness (QED) is 0.915. The van der Waals surface area contributed by atoms with Gasteiger partial charge in [-0.05, 0) is 32.1 Å². The van der Waals surface area contributed by atoms with Gasteiger partial charge in [-0.1, -0.05) is 13.8 Å². The van der Waals surface area contributed by atoms with E-state index in [-0.39, 0.29) is 11.6 Å². The first-order valence-electron chi connectivity index (χ1n) is 8.08. The summed E-state index contributed by atoms with van der Waals surface area (Å²) < 4.78 is 7.34. The van der Waals surface area contributed by atoms with Crippen LogP contribution in [0.15, 0.2) is 23.3 Å². The fourth-order valence-corrected chi connectivity index (χ4v) is 2.98. The first-order chi connectivity index (χ1) is 10.9. The molecule has 0 atom stereocenters. The SMILES string of the molecule is CC(C)CCOc1cnc2c(c1)ncc(=O)n2[C@H]1C[C@@](C)(O)C1. The molecule has 6 nitrogen and oxygen atoms in total. The fourth-order valence-electron chi connectivity index (χ4n) is 2.98. The smallest absolute Gasteiger partial charge is 0.270 e. The molecule has 2 aromatic heterocycles. The van der Waals surface area contributed by atoms with E-state index in [1.54, 1.807) is 17.7 Å². The van der Waals surface area contributed by atoms with Crippen LogP contribution in [0.1, 0.15) is 46.1 Å². The Morgan fingerprint density at radius 2 is 2.13 bits per heavy atom. The Labute approximate surface area is 135 Å². The number of aliphatic hydroxyl groups is 1. The summed E-state index contributed by atoms with van der Waals surface area (Å²) in [7, 11) is 0. The van der Waals surface area contributed by atoms with E-state index >= 15 is 0 Å². The van der Waals surface area contributed by atoms with Crippen LogP contribution in [0.2, 0.25) is 0 Å². The van der Waals surface area contributed by atoms with Crippen molar-refractivity contribution in [3.8, 4) is 5.75 Å². The molecule has 124 valence electrons. The first kappa shape index (κ1) is 15.9. The number of fused-ring (bicyclic) bond motifs is 1. The molecule has 0 bridgehead atoms. The molecular weight excluding hydrogens is 294 g/mol. The van der Waals surface area contributed by atoms with E-state index in [2.05, 4.69) is 23.8 Å². The van der Waals surface area contributed by atoms with Crippen LogP contribution in [0, 0.1) is 5.92 Å². The van der Waals surface area contributed by atoms with Crippen LogP contribution < -0.4 is 10.3 Å². The van der Waals surface area contributed by atoms with Gasteiger partial charge in [0.15, 0.2) is 5.65 Å². The molecule has 0 spiro atoms. The first-order valence-corrected chi connectivity index (χ1v) is 8.08. The van der Waals surface area contributed by atoms with E-state index in [1.807, 2.05) is 6.07 Å². The van der Waals surface area contributed by atoms with Gasteiger partial charge in [-0.25, -0.2) is 9.97 Å². The number of ether oxygens (including phenoxy) is 1. The van der Waals surface area contributed by atoms with Crippen LogP contribution >= 0.6 is 0 Å². The molecular formula is C17H23N3O3. The topological polar surface area (TPSA) is 77.2 Å². The van der Waals surface area contributed by atoms with Crippen LogP contribution in [-0.4, -0.2) is 31.8 Å². The summed E-state index contributed by atoms with van der Waals surface area (Å²) in [5.41, 5.74) is 0.311. The number of hydrogen-bond acceptors (Lipinski definition) is 5. The van der Waals surface area contributed by atoms with Crippen molar-refractivity contribution < 1.29 is 9.84 Å². The molecule has 3 rings (SSSR count). The highest BCUT2D eigenvalue weighted by atomic mass is 16.5. The maximum Gasteiger partial charge on any atom is 0.270 e. The molecule has 1 aliphatic rings. The summed E-state index contributed by atoms with van der Waals surface area (Å²) in [6, 6.07) is 1.79. The minimum atomic E-state index is -0.695. The zero-order valence-electron chi connectivity index (χ0n) is 13.8. The predicted molar refractivity (Wildman–Crippen MR) is 87.6 cm³/mol. The maximum absolute atomic E-state index is 12.2. The molecule has 1 fully saturated rings. The minimum Gasteiger partial charge on any atom is -0.492 e. The Kier molecular flexibility index (Phi) is 4.10. The summed E-state index contributed by atoms with van der Waals surface area (Å²) in [6.45, 7) is 6.72. The highest BCUT2D eigenvalue weighted by molar-refractivity contribution is 5.71. The molecule has 1 aliphatic carbocycles. The van der Waals surface area contributed by atoms with Crippen molar-refractivity contribution in [3.63, 3.8) is 0 Å². The third kappa shape index (κ3) is 3.37. The van der Waals surface area contributed by atoms with E-state index in [0.717, 1.165) is 6.42 Å². The van der Waals surface area contributed by atoms with Crippen molar-refractivity contribution in [1.82, 2.24) is 14.5 Å². The van der Waals surface area contributed by atoms with Crippen LogP contribution in [0.5, 0.6) is 5.75 Å². The third-order valence-corrected chi connectivity index (χ3v) is 4.28. The zero-order chi connectivity index (χ0) is 16.6. The van der Waals surface area contributed by atoms with Crippen molar-refractivity contribution in [2.24, 2.45) is 5.92 Å². The number of hydrogen-bond donors (Lipinski definition) is 1. The van der Waals surface area contributed by atoms with Gasteiger partial charge in [0.1, 0.15) is 11.3 Å². The lowest BCUT2D eigenvalue weighted by Gasteiger charge is -2.41. The van der Waals surface area contributed by atoms with Crippen molar-refractivity contribution in [2.45, 2.75) is 51.7 Å². The Bertz CT molecular complexity index is 759. The van der Waals surface area contributed by atoms with Crippen molar-refractivity contribution >= 4 is 11.2 Å². The van der Waals surface area contributed by atoms with Gasteiger partial charge in [0.05, 0.1) is 24.6 Å². The lowest BCUT2D eigenvalue weighted by Crippen LogP contribution is -2.45. The largest absolute Gasteiger partial charge is 0.492 e. The van der Waals surface area contributed by atoms with Gasteiger partial charge in [-0.15, -0.1) is 0 Å². The Balaban J connectivity index is 1.87. The van der Waals surface area contributed by atoms with Gasteiger partial charge in [0.25, 0.3) is 5.56 Å². The van der Waals surface area contributed by atoms with Gasteiger partial charge in [-0.3, -0.25) is 9.36 Å². The Morgan fingerprint density at radius 1 is 1.39 bits per heavy atom. The number of rotatable bonds is 5. The molecule has 2 aromatic rings. The van der Waals surface area contributed by atoms with Crippen LogP contribution in [0.4, 0.5) is 0 Å². The molecule has 6 heteroatoms. The number of aromatic nitrogens is 3. The van der Waals surface area contributed by atoms with Crippen molar-refractivity contribution in [3.05, 3.63) is 28.8 Å². The minimum absolute atomic E-state index is 0.0248. The van der Waals surface area contributed by atoms with E-state index in [0.29, 0.717) is 42.3 Å². The molecule has 0 aromatic carbocycles. The summed E-state index contributed by atoms with van der Waals surface area (Å²) in [5, 5.41) is 9.92. The van der Waals surface area contributed by atoms with Crippen LogP contribution in [-0.2, 0) is 0 Å². The molecule has 23 heavy (non-hydrogen) atoms. The predicted octanol–water partition coefficient (Wildman–Crippen LogP) is 2.30.